The van der Waals surface area contributed by atoms with E-state index in [1.54, 1.807) is 6.07 Å². The van der Waals surface area contributed by atoms with E-state index in [2.05, 4.69) is 14.7 Å². The number of nitro groups is 1. The number of nitrogens with one attached hydrogen (secondary N) is 1. The van der Waals surface area contributed by atoms with E-state index in [4.69, 9.17) is 5.73 Å². The average molecular weight is 309 g/mol. The molecule has 0 aliphatic heterocycles. The van der Waals surface area contributed by atoms with Crippen LogP contribution in [0.4, 0.5) is 11.4 Å². The molecule has 0 unspecified atom stereocenters. The zero-order valence-corrected chi connectivity index (χ0v) is 11.4. The fraction of sp³-hybridized carbons (Fsp3) is 0.0909. The van der Waals surface area contributed by atoms with E-state index in [0.717, 1.165) is 18.2 Å². The molecule has 0 radical (unpaired) electrons. The fourth-order valence-corrected chi connectivity index (χ4v) is 2.67. The third-order valence-electron chi connectivity index (χ3n) is 2.58. The molecule has 0 saturated heterocycles. The summed E-state index contributed by atoms with van der Waals surface area (Å²) in [5.74, 6) is 0. The third-order valence-corrected chi connectivity index (χ3v) is 4.06. The molecule has 3 N–H and O–H groups in total. The maximum Gasteiger partial charge on any atom is 0.271 e. The van der Waals surface area contributed by atoms with Gasteiger partial charge in [-0.25, -0.2) is 23.1 Å². The molecule has 0 bridgehead atoms. The van der Waals surface area contributed by atoms with Gasteiger partial charge in [0.1, 0.15) is 11.2 Å². The van der Waals surface area contributed by atoms with Crippen LogP contribution in [0.25, 0.3) is 0 Å². The van der Waals surface area contributed by atoms with E-state index in [9.17, 15) is 18.5 Å². The summed E-state index contributed by atoms with van der Waals surface area (Å²) >= 11 is 0. The number of nitro benzene ring substituents is 1. The first-order valence-electron chi connectivity index (χ1n) is 5.68. The number of anilines is 1. The van der Waals surface area contributed by atoms with Gasteiger partial charge in [-0.2, -0.15) is 0 Å². The minimum Gasteiger partial charge on any atom is -0.397 e. The summed E-state index contributed by atoms with van der Waals surface area (Å²) in [6.45, 7) is -0.0404. The number of nitrogens with two attached hydrogens (primary N) is 1. The summed E-state index contributed by atoms with van der Waals surface area (Å²) in [7, 11) is -3.89. The van der Waals surface area contributed by atoms with E-state index in [1.807, 2.05) is 0 Å². The van der Waals surface area contributed by atoms with Gasteiger partial charge >= 0.3 is 0 Å². The SMILES string of the molecule is Nc1cc([N+](=O)[O-])ccc1S(=O)(=O)NCc1ccncn1. The highest BCUT2D eigenvalue weighted by atomic mass is 32.2. The zero-order valence-electron chi connectivity index (χ0n) is 10.6. The molecule has 2 rings (SSSR count). The topological polar surface area (TPSA) is 141 Å². The highest BCUT2D eigenvalue weighted by Crippen LogP contribution is 2.23. The van der Waals surface area contributed by atoms with Gasteiger partial charge in [0.15, 0.2) is 0 Å². The average Bonchev–Trinajstić information content (AvgIpc) is 2.46. The molecule has 1 heterocycles. The van der Waals surface area contributed by atoms with Gasteiger partial charge in [0, 0.05) is 18.3 Å². The van der Waals surface area contributed by atoms with Crippen molar-refractivity contribution in [2.24, 2.45) is 0 Å². The Hall–Kier alpha value is -2.59. The lowest BCUT2D eigenvalue weighted by atomic mass is 10.3. The van der Waals surface area contributed by atoms with Gasteiger partial charge in [0.2, 0.25) is 10.0 Å². The number of hydrogen-bond donors (Lipinski definition) is 2. The number of hydrogen-bond acceptors (Lipinski definition) is 7. The van der Waals surface area contributed by atoms with Gasteiger partial charge in [0.25, 0.3) is 5.69 Å². The molecule has 0 atom stereocenters. The molecule has 0 aliphatic carbocycles. The summed E-state index contributed by atoms with van der Waals surface area (Å²) in [5.41, 5.74) is 5.57. The molecule has 21 heavy (non-hydrogen) atoms. The van der Waals surface area contributed by atoms with E-state index in [1.165, 1.54) is 12.5 Å². The van der Waals surface area contributed by atoms with E-state index >= 15 is 0 Å². The third kappa shape index (κ3) is 3.49. The van der Waals surface area contributed by atoms with E-state index in [0.29, 0.717) is 5.69 Å². The molecule has 1 aromatic carbocycles. The number of nitrogens with zero attached hydrogens (tertiary/aromatic N) is 3. The van der Waals surface area contributed by atoms with Gasteiger partial charge in [0.05, 0.1) is 22.8 Å². The normalized spacial score (nSPS) is 11.2. The fourth-order valence-electron chi connectivity index (χ4n) is 1.56. The second kappa shape index (κ2) is 5.81. The van der Waals surface area contributed by atoms with Gasteiger partial charge in [-0.15, -0.1) is 0 Å². The van der Waals surface area contributed by atoms with Crippen molar-refractivity contribution in [3.8, 4) is 0 Å². The smallest absolute Gasteiger partial charge is 0.271 e. The molecular weight excluding hydrogens is 298 g/mol. The van der Waals surface area contributed by atoms with Crippen LogP contribution in [-0.2, 0) is 16.6 Å². The molecule has 9 nitrogen and oxygen atoms in total. The maximum absolute atomic E-state index is 12.1. The first-order valence-corrected chi connectivity index (χ1v) is 7.17. The summed E-state index contributed by atoms with van der Waals surface area (Å²) < 4.78 is 26.5. The Bertz CT molecular complexity index is 763. The Morgan fingerprint density at radius 1 is 1.33 bits per heavy atom. The van der Waals surface area contributed by atoms with Crippen LogP contribution in [0.1, 0.15) is 5.69 Å². The highest BCUT2D eigenvalue weighted by molar-refractivity contribution is 7.89. The summed E-state index contributed by atoms with van der Waals surface area (Å²) in [6.07, 6.45) is 2.78. The minimum absolute atomic E-state index is 0.0404. The molecule has 0 fully saturated rings. The standard InChI is InChI=1S/C11H11N5O4S/c12-10-5-9(16(17)18)1-2-11(10)21(19,20)15-6-8-3-4-13-7-14-8/h1-5,7,15H,6,12H2. The number of rotatable bonds is 5. The largest absolute Gasteiger partial charge is 0.397 e. The van der Waals surface area contributed by atoms with E-state index in [-0.39, 0.29) is 22.8 Å². The predicted octanol–water partition coefficient (Wildman–Crippen LogP) is 0.445. The Labute approximate surface area is 120 Å². The quantitative estimate of drug-likeness (QED) is 0.464. The van der Waals surface area contributed by atoms with Gasteiger partial charge in [-0.3, -0.25) is 10.1 Å². The van der Waals surface area contributed by atoms with Crippen molar-refractivity contribution in [3.63, 3.8) is 0 Å². The first-order chi connectivity index (χ1) is 9.90. The molecule has 10 heteroatoms. The lowest BCUT2D eigenvalue weighted by molar-refractivity contribution is -0.384. The Kier molecular flexibility index (Phi) is 4.10. The van der Waals surface area contributed by atoms with Crippen LogP contribution < -0.4 is 10.5 Å². The van der Waals surface area contributed by atoms with Gasteiger partial charge < -0.3 is 5.73 Å². The second-order valence-electron chi connectivity index (χ2n) is 4.00. The number of nitrogen functional groups attached to an aromatic ring is 1. The molecule has 1 aromatic heterocycles. The van der Waals surface area contributed by atoms with Crippen LogP contribution in [-0.4, -0.2) is 23.3 Å². The van der Waals surface area contributed by atoms with Crippen molar-refractivity contribution in [1.29, 1.82) is 0 Å². The molecular formula is C11H11N5O4S. The van der Waals surface area contributed by atoms with Crippen LogP contribution in [0.3, 0.4) is 0 Å². The lowest BCUT2D eigenvalue weighted by Gasteiger charge is -2.08. The van der Waals surface area contributed by atoms with E-state index < -0.39 is 14.9 Å². The van der Waals surface area contributed by atoms with Crippen molar-refractivity contribution in [2.75, 3.05) is 5.73 Å². The summed E-state index contributed by atoms with van der Waals surface area (Å²) in [5, 5.41) is 10.6. The van der Waals surface area contributed by atoms with Crippen LogP contribution in [0.15, 0.2) is 41.7 Å². The predicted molar refractivity (Wildman–Crippen MR) is 73.6 cm³/mol. The van der Waals surface area contributed by atoms with Crippen molar-refractivity contribution in [1.82, 2.24) is 14.7 Å². The number of aromatic nitrogens is 2. The summed E-state index contributed by atoms with van der Waals surface area (Å²) in [6, 6.07) is 4.73. The molecule has 110 valence electrons. The van der Waals surface area contributed by atoms with Crippen molar-refractivity contribution >= 4 is 21.4 Å². The van der Waals surface area contributed by atoms with Crippen molar-refractivity contribution < 1.29 is 13.3 Å². The number of sulfonamides is 1. The molecule has 0 amide bonds. The molecule has 2 aromatic rings. The summed E-state index contributed by atoms with van der Waals surface area (Å²) in [4.78, 5) is 17.3. The van der Waals surface area contributed by atoms with Crippen LogP contribution in [0, 0.1) is 10.1 Å². The monoisotopic (exact) mass is 309 g/mol. The molecule has 0 aliphatic rings. The maximum atomic E-state index is 12.1. The van der Waals surface area contributed by atoms with Crippen LogP contribution in [0.5, 0.6) is 0 Å². The van der Waals surface area contributed by atoms with Crippen LogP contribution >= 0.6 is 0 Å². The Balaban J connectivity index is 2.22. The molecule has 0 spiro atoms. The van der Waals surface area contributed by atoms with Crippen LogP contribution in [0.2, 0.25) is 0 Å². The highest BCUT2D eigenvalue weighted by Gasteiger charge is 2.19. The second-order valence-corrected chi connectivity index (χ2v) is 5.74. The molecule has 0 saturated carbocycles. The number of non-ortho nitro benzene ring substituents is 1. The van der Waals surface area contributed by atoms with Gasteiger partial charge in [-0.1, -0.05) is 0 Å². The van der Waals surface area contributed by atoms with Crippen molar-refractivity contribution in [2.45, 2.75) is 11.4 Å². The minimum atomic E-state index is -3.89. The van der Waals surface area contributed by atoms with Crippen molar-refractivity contribution in [3.05, 3.63) is 52.6 Å². The zero-order chi connectivity index (χ0) is 15.5. The Morgan fingerprint density at radius 2 is 2.10 bits per heavy atom. The number of benzene rings is 1. The van der Waals surface area contributed by atoms with Gasteiger partial charge in [-0.05, 0) is 12.1 Å². The first kappa shape index (κ1) is 14.8. The Morgan fingerprint density at radius 3 is 2.67 bits per heavy atom. The lowest BCUT2D eigenvalue weighted by Crippen LogP contribution is -2.24.